The molecule has 127 valence electrons. The topological polar surface area (TPSA) is 0 Å². The molecule has 3 rings (SSSR count). The van der Waals surface area contributed by atoms with Gasteiger partial charge in [0, 0.05) is 9.52 Å². The molecule has 0 N–H and O–H groups in total. The third-order valence-corrected chi connectivity index (χ3v) is 3.52. The van der Waals surface area contributed by atoms with Gasteiger partial charge in [-0.3, -0.25) is 6.08 Å². The molecule has 0 aromatic heterocycles. The van der Waals surface area contributed by atoms with Crippen molar-refractivity contribution in [2.45, 2.75) is 58.5 Å². The van der Waals surface area contributed by atoms with E-state index in [2.05, 4.69) is 62.9 Å². The second-order valence-electron chi connectivity index (χ2n) is 5.47. The van der Waals surface area contributed by atoms with Crippen molar-refractivity contribution in [3.05, 3.63) is 68.9 Å². The second kappa shape index (κ2) is 18.3. The van der Waals surface area contributed by atoms with Gasteiger partial charge in [0.25, 0.3) is 0 Å². The Kier molecular flexibility index (Phi) is 22.1. The average molecular weight is 407 g/mol. The minimum Gasteiger partial charge on any atom is -0.358 e. The number of hydrogen-bond donors (Lipinski definition) is 0. The molecule has 0 aromatic carbocycles. The van der Waals surface area contributed by atoms with Gasteiger partial charge in [-0.1, -0.05) is 39.3 Å². The minimum absolute atomic E-state index is 0. The Morgan fingerprint density at radius 1 is 1.30 bits per heavy atom. The Morgan fingerprint density at radius 3 is 2.52 bits per heavy atom. The SMILES string of the molecule is C1=CCC2CC[CH-]C2=C1.CCCC1=CC[C-]=C1.C[SiH]C.[CH3-].[CH3-].[Zr+4]. The van der Waals surface area contributed by atoms with Gasteiger partial charge in [-0.15, -0.1) is 25.0 Å². The van der Waals surface area contributed by atoms with E-state index < -0.39 is 0 Å². The van der Waals surface area contributed by atoms with Gasteiger partial charge in [0.05, 0.1) is 0 Å². The van der Waals surface area contributed by atoms with Crippen molar-refractivity contribution in [3.63, 3.8) is 0 Å². The van der Waals surface area contributed by atoms with E-state index in [1.54, 1.807) is 5.57 Å². The zero-order valence-electron chi connectivity index (χ0n) is 15.9. The largest absolute Gasteiger partial charge is 4.00 e. The van der Waals surface area contributed by atoms with E-state index in [9.17, 15) is 0 Å². The average Bonchev–Trinajstić information content (AvgIpc) is 3.11. The predicted octanol–water partition coefficient (Wildman–Crippen LogP) is 6.38. The van der Waals surface area contributed by atoms with E-state index in [1.165, 1.54) is 37.7 Å². The van der Waals surface area contributed by atoms with E-state index in [0.29, 0.717) is 0 Å². The Morgan fingerprint density at radius 2 is 2.00 bits per heavy atom. The Bertz CT molecular complexity index is 377. The predicted molar refractivity (Wildman–Crippen MR) is 106 cm³/mol. The van der Waals surface area contributed by atoms with Crippen LogP contribution in [0.25, 0.3) is 0 Å². The zero-order valence-corrected chi connectivity index (χ0v) is 19.5. The van der Waals surface area contributed by atoms with Crippen molar-refractivity contribution >= 4 is 9.52 Å². The van der Waals surface area contributed by atoms with Gasteiger partial charge in [-0.25, -0.2) is 29.7 Å². The first-order chi connectivity index (χ1) is 9.81. The number of hydrogen-bond acceptors (Lipinski definition) is 0. The van der Waals surface area contributed by atoms with Gasteiger partial charge in [0.1, 0.15) is 0 Å². The number of rotatable bonds is 2. The van der Waals surface area contributed by atoms with E-state index in [0.717, 1.165) is 21.9 Å². The molecule has 1 fully saturated rings. The van der Waals surface area contributed by atoms with Crippen LogP contribution in [0.5, 0.6) is 0 Å². The maximum atomic E-state index is 3.14. The molecular weight excluding hydrogens is 372 g/mol. The first-order valence-corrected chi connectivity index (χ1v) is 10.3. The molecule has 23 heavy (non-hydrogen) atoms. The van der Waals surface area contributed by atoms with Crippen LogP contribution >= 0.6 is 0 Å². The first-order valence-electron chi connectivity index (χ1n) is 8.01. The van der Waals surface area contributed by atoms with E-state index >= 15 is 0 Å². The molecule has 2 heteroatoms. The maximum Gasteiger partial charge on any atom is 4.00 e. The Balaban J connectivity index is -0.000000270. The molecule has 1 saturated carbocycles. The van der Waals surface area contributed by atoms with Gasteiger partial charge in [-0.05, 0) is 12.3 Å². The normalized spacial score (nSPS) is 18.8. The summed E-state index contributed by atoms with van der Waals surface area (Å²) in [5.74, 6) is 0.884. The van der Waals surface area contributed by atoms with Crippen molar-refractivity contribution in [2.75, 3.05) is 0 Å². The van der Waals surface area contributed by atoms with E-state index in [-0.39, 0.29) is 41.1 Å². The van der Waals surface area contributed by atoms with E-state index in [4.69, 9.17) is 0 Å². The second-order valence-corrected chi connectivity index (χ2v) is 6.62. The van der Waals surface area contributed by atoms with Crippen molar-refractivity contribution < 1.29 is 26.2 Å². The monoisotopic (exact) mass is 405 g/mol. The summed E-state index contributed by atoms with van der Waals surface area (Å²) in [4.78, 5) is 0. The fraction of sp³-hybridized carbons (Fsp3) is 0.476. The third-order valence-electron chi connectivity index (χ3n) is 3.52. The first kappa shape index (κ1) is 27.8. The molecule has 0 saturated heterocycles. The minimum atomic E-state index is 0. The van der Waals surface area contributed by atoms with Crippen molar-refractivity contribution in [1.82, 2.24) is 0 Å². The van der Waals surface area contributed by atoms with Gasteiger partial charge in [-0.2, -0.15) is 6.08 Å². The van der Waals surface area contributed by atoms with Gasteiger partial charge < -0.3 is 14.9 Å². The van der Waals surface area contributed by atoms with Crippen LogP contribution < -0.4 is 0 Å². The zero-order chi connectivity index (χ0) is 14.6. The molecule has 1 radical (unpaired) electrons. The smallest absolute Gasteiger partial charge is 0.358 e. The van der Waals surface area contributed by atoms with E-state index in [1.807, 2.05) is 0 Å². The molecule has 0 spiro atoms. The van der Waals surface area contributed by atoms with Crippen LogP contribution in [0.1, 0.15) is 45.4 Å². The van der Waals surface area contributed by atoms with Crippen LogP contribution in [-0.4, -0.2) is 9.52 Å². The molecule has 0 heterocycles. The van der Waals surface area contributed by atoms with Gasteiger partial charge in [0.2, 0.25) is 0 Å². The number of fused-ring (bicyclic) bond motifs is 1. The third kappa shape index (κ3) is 12.0. The number of allylic oxidation sites excluding steroid dienone is 8. The molecule has 0 aromatic rings. The summed E-state index contributed by atoms with van der Waals surface area (Å²) >= 11 is 0. The van der Waals surface area contributed by atoms with Crippen LogP contribution in [0, 0.1) is 33.3 Å². The van der Waals surface area contributed by atoms with Crippen molar-refractivity contribution in [1.29, 1.82) is 0 Å². The standard InChI is InChI=1S/C9H11.C8H11.C2H7Si.2CH3.Zr/c1-2-5-9-7-3-6-8(9)4-1;1-2-5-8-6-3-4-7-8;1-3-2;;;/h1-2,4,6,9H,3,5,7H2;6-7H,2-3,5H2,1H3;3H,1-2H3;2*1H3;/q2*-1;;2*-1;+4. The van der Waals surface area contributed by atoms with Crippen molar-refractivity contribution in [3.8, 4) is 0 Å². The van der Waals surface area contributed by atoms with Gasteiger partial charge >= 0.3 is 26.2 Å². The van der Waals surface area contributed by atoms with Crippen LogP contribution in [-0.2, 0) is 26.2 Å². The molecule has 3 aliphatic carbocycles. The summed E-state index contributed by atoms with van der Waals surface area (Å²) in [7, 11) is 0.750. The molecule has 0 aliphatic heterocycles. The summed E-state index contributed by atoms with van der Waals surface area (Å²) in [5.41, 5.74) is 3.05. The molecular formula is C21H35SiZr. The van der Waals surface area contributed by atoms with Crippen LogP contribution in [0.15, 0.2) is 41.5 Å². The summed E-state index contributed by atoms with van der Waals surface area (Å²) in [5, 5.41) is 0. The quantitative estimate of drug-likeness (QED) is 0.368. The Labute approximate surface area is 168 Å². The Hall–Kier alpha value is -0.0700. The molecule has 3 aliphatic rings. The molecule has 1 unspecified atom stereocenters. The summed E-state index contributed by atoms with van der Waals surface area (Å²) in [6.07, 6.45) is 24.0. The molecule has 0 nitrogen and oxygen atoms in total. The molecule has 0 amide bonds. The molecule has 1 atom stereocenters. The summed E-state index contributed by atoms with van der Waals surface area (Å²) < 4.78 is 0. The van der Waals surface area contributed by atoms with Crippen LogP contribution in [0.3, 0.4) is 0 Å². The fourth-order valence-electron chi connectivity index (χ4n) is 2.57. The van der Waals surface area contributed by atoms with Gasteiger partial charge in [0.15, 0.2) is 0 Å². The fourth-order valence-corrected chi connectivity index (χ4v) is 2.57. The maximum absolute atomic E-state index is 3.14. The summed E-state index contributed by atoms with van der Waals surface area (Å²) in [6, 6.07) is 0. The summed E-state index contributed by atoms with van der Waals surface area (Å²) in [6.45, 7) is 6.62. The van der Waals surface area contributed by atoms with Crippen molar-refractivity contribution in [2.24, 2.45) is 5.92 Å². The molecule has 0 bridgehead atoms. The van der Waals surface area contributed by atoms with Crippen LogP contribution in [0.2, 0.25) is 13.1 Å². The van der Waals surface area contributed by atoms with Crippen LogP contribution in [0.4, 0.5) is 0 Å².